The summed E-state index contributed by atoms with van der Waals surface area (Å²) in [4.78, 5) is 21.7. The zero-order valence-electron chi connectivity index (χ0n) is 23.2. The van der Waals surface area contributed by atoms with E-state index in [2.05, 4.69) is 52.9 Å². The Bertz CT molecular complexity index is 1250. The molecule has 0 radical (unpaired) electrons. The Morgan fingerprint density at radius 2 is 1.71 bits per heavy atom. The number of piperazine rings is 1. The summed E-state index contributed by atoms with van der Waals surface area (Å²) in [6.07, 6.45) is 5.50. The lowest BCUT2D eigenvalue weighted by Gasteiger charge is -2.36. The smallest absolute Gasteiger partial charge is 0.354 e. The van der Waals surface area contributed by atoms with E-state index in [4.69, 9.17) is 9.84 Å². The molecule has 8 nitrogen and oxygen atoms in total. The predicted molar refractivity (Wildman–Crippen MR) is 150 cm³/mol. The van der Waals surface area contributed by atoms with E-state index in [1.807, 2.05) is 18.5 Å². The van der Waals surface area contributed by atoms with E-state index >= 15 is 0 Å². The van der Waals surface area contributed by atoms with Gasteiger partial charge in [0.2, 0.25) is 5.88 Å². The number of carboxylic acid groups (broad SMARTS) is 1. The molecule has 0 bridgehead atoms. The normalized spacial score (nSPS) is 18.1. The Morgan fingerprint density at radius 1 is 1.03 bits per heavy atom. The number of nitrogens with zero attached hydrogens (tertiary/aromatic N) is 5. The zero-order valence-corrected chi connectivity index (χ0v) is 23.2. The second-order valence-electron chi connectivity index (χ2n) is 11.4. The van der Waals surface area contributed by atoms with Crippen LogP contribution in [0.3, 0.4) is 0 Å². The van der Waals surface area contributed by atoms with Crippen molar-refractivity contribution in [2.75, 3.05) is 26.2 Å². The number of benzene rings is 1. The van der Waals surface area contributed by atoms with Crippen molar-refractivity contribution < 1.29 is 14.6 Å². The molecule has 3 heterocycles. The summed E-state index contributed by atoms with van der Waals surface area (Å²) < 4.78 is 8.12. The first kappa shape index (κ1) is 26.6. The molecular formula is C30H41N5O3. The minimum absolute atomic E-state index is 0.0349. The molecule has 0 amide bonds. The molecule has 2 aromatic heterocycles. The molecule has 1 aliphatic heterocycles. The third kappa shape index (κ3) is 5.71. The van der Waals surface area contributed by atoms with Crippen LogP contribution in [0.2, 0.25) is 0 Å². The Hall–Kier alpha value is -2.97. The topological polar surface area (TPSA) is 83.7 Å². The van der Waals surface area contributed by atoms with Gasteiger partial charge in [-0.1, -0.05) is 43.5 Å². The predicted octanol–water partition coefficient (Wildman–Crippen LogP) is 5.61. The van der Waals surface area contributed by atoms with E-state index in [9.17, 15) is 9.90 Å². The maximum atomic E-state index is 12.1. The lowest BCUT2D eigenvalue weighted by Crippen LogP contribution is -2.48. The fourth-order valence-electron chi connectivity index (χ4n) is 5.81. The molecule has 2 aliphatic rings. The van der Waals surface area contributed by atoms with Crippen LogP contribution in [0.1, 0.15) is 81.9 Å². The van der Waals surface area contributed by atoms with Crippen molar-refractivity contribution in [1.82, 2.24) is 24.6 Å². The van der Waals surface area contributed by atoms with Gasteiger partial charge in [0, 0.05) is 44.3 Å². The number of hydrogen-bond acceptors (Lipinski definition) is 6. The first-order chi connectivity index (χ1) is 18.3. The van der Waals surface area contributed by atoms with E-state index in [-0.39, 0.29) is 17.8 Å². The van der Waals surface area contributed by atoms with Crippen LogP contribution < -0.4 is 4.74 Å². The highest BCUT2D eigenvalue weighted by Crippen LogP contribution is 2.39. The molecule has 1 saturated heterocycles. The van der Waals surface area contributed by atoms with Crippen molar-refractivity contribution in [3.05, 3.63) is 41.6 Å². The highest BCUT2D eigenvalue weighted by atomic mass is 16.5. The largest absolute Gasteiger partial charge is 0.477 e. The number of ether oxygens (including phenoxy) is 1. The Balaban J connectivity index is 1.49. The fraction of sp³-hybridized carbons (Fsp3) is 0.567. The van der Waals surface area contributed by atoms with Crippen LogP contribution in [0.15, 0.2) is 30.3 Å². The summed E-state index contributed by atoms with van der Waals surface area (Å²) in [6, 6.07) is 11.0. The molecule has 1 aliphatic carbocycles. The number of pyridine rings is 1. The van der Waals surface area contributed by atoms with Crippen LogP contribution in [0.5, 0.6) is 5.88 Å². The van der Waals surface area contributed by atoms with Crippen molar-refractivity contribution in [2.24, 2.45) is 0 Å². The zero-order chi connectivity index (χ0) is 26.8. The summed E-state index contributed by atoms with van der Waals surface area (Å²) in [5, 5.41) is 15.6. The lowest BCUT2D eigenvalue weighted by molar-refractivity contribution is 0.0690. The Kier molecular flexibility index (Phi) is 8.00. The number of fused-ring (bicyclic) bond motifs is 1. The van der Waals surface area contributed by atoms with E-state index in [0.29, 0.717) is 17.6 Å². The second-order valence-corrected chi connectivity index (χ2v) is 11.4. The van der Waals surface area contributed by atoms with Crippen molar-refractivity contribution in [1.29, 1.82) is 0 Å². The van der Waals surface area contributed by atoms with Gasteiger partial charge < -0.3 is 9.84 Å². The van der Waals surface area contributed by atoms with Gasteiger partial charge in [-0.15, -0.1) is 5.10 Å². The van der Waals surface area contributed by atoms with Crippen molar-refractivity contribution in [3.8, 4) is 17.0 Å². The third-order valence-corrected chi connectivity index (χ3v) is 7.93. The molecule has 8 heteroatoms. The van der Waals surface area contributed by atoms with Gasteiger partial charge in [0.1, 0.15) is 0 Å². The molecule has 0 atom stereocenters. The Morgan fingerprint density at radius 3 is 2.32 bits per heavy atom. The average Bonchev–Trinajstić information content (AvgIpc) is 3.27. The van der Waals surface area contributed by atoms with Crippen molar-refractivity contribution in [2.45, 2.75) is 84.5 Å². The van der Waals surface area contributed by atoms with Gasteiger partial charge in [0.25, 0.3) is 0 Å². The quantitative estimate of drug-likeness (QED) is 0.414. The maximum absolute atomic E-state index is 12.1. The molecule has 38 heavy (non-hydrogen) atoms. The summed E-state index contributed by atoms with van der Waals surface area (Å²) in [7, 11) is 0. The minimum Gasteiger partial charge on any atom is -0.477 e. The van der Waals surface area contributed by atoms with Crippen LogP contribution in [-0.2, 0) is 6.54 Å². The lowest BCUT2D eigenvalue weighted by atomic mass is 9.95. The van der Waals surface area contributed by atoms with E-state index in [1.165, 1.54) is 12.0 Å². The van der Waals surface area contributed by atoms with E-state index in [1.54, 1.807) is 6.07 Å². The second kappa shape index (κ2) is 11.4. The Labute approximate surface area is 225 Å². The summed E-state index contributed by atoms with van der Waals surface area (Å²) in [5.74, 6) is -0.500. The third-order valence-electron chi connectivity index (χ3n) is 7.93. The van der Waals surface area contributed by atoms with Crippen LogP contribution in [0, 0.1) is 0 Å². The first-order valence-corrected chi connectivity index (χ1v) is 14.2. The molecule has 1 saturated carbocycles. The van der Waals surface area contributed by atoms with E-state index in [0.717, 1.165) is 74.9 Å². The van der Waals surface area contributed by atoms with Gasteiger partial charge in [-0.25, -0.2) is 14.5 Å². The van der Waals surface area contributed by atoms with Gasteiger partial charge in [-0.2, -0.15) is 0 Å². The van der Waals surface area contributed by atoms with Crippen LogP contribution in [0.4, 0.5) is 0 Å². The molecule has 0 spiro atoms. The molecule has 0 unspecified atom stereocenters. The first-order valence-electron chi connectivity index (χ1n) is 14.2. The number of hydrogen-bond donors (Lipinski definition) is 1. The highest BCUT2D eigenvalue weighted by molar-refractivity contribution is 6.01. The number of carboxylic acids is 1. The standard InChI is InChI=1S/C30H41N5O3/c1-20(2)34-16-14-33(15-17-34)19-22-10-12-23(13-11-22)25-18-26(30(36)37)31-28-27(25)29(38-21(3)4)32-35(28)24-8-6-5-7-9-24/h10-13,18,20-21,24H,5-9,14-17,19H2,1-4H3,(H,36,37). The molecule has 1 aromatic carbocycles. The molecule has 2 fully saturated rings. The number of aromatic carboxylic acids is 1. The molecule has 204 valence electrons. The number of aromatic nitrogens is 3. The monoisotopic (exact) mass is 519 g/mol. The van der Waals surface area contributed by atoms with E-state index < -0.39 is 5.97 Å². The van der Waals surface area contributed by atoms with Gasteiger partial charge in [0.15, 0.2) is 11.3 Å². The average molecular weight is 520 g/mol. The van der Waals surface area contributed by atoms with Gasteiger partial charge >= 0.3 is 5.97 Å². The summed E-state index contributed by atoms with van der Waals surface area (Å²) in [6.45, 7) is 13.8. The van der Waals surface area contributed by atoms with Gasteiger partial charge in [0.05, 0.1) is 17.5 Å². The number of carbonyl (C=O) groups is 1. The SMILES string of the molecule is CC(C)Oc1nn(C2CCCCC2)c2nc(C(=O)O)cc(-c3ccc(CN4CCN(C(C)C)CC4)cc3)c12. The van der Waals surface area contributed by atoms with Crippen molar-refractivity contribution >= 4 is 17.0 Å². The fourth-order valence-corrected chi connectivity index (χ4v) is 5.81. The minimum atomic E-state index is -1.03. The molecular weight excluding hydrogens is 478 g/mol. The maximum Gasteiger partial charge on any atom is 0.354 e. The molecule has 5 rings (SSSR count). The summed E-state index contributed by atoms with van der Waals surface area (Å²) >= 11 is 0. The van der Waals surface area contributed by atoms with Crippen LogP contribution >= 0.6 is 0 Å². The van der Waals surface area contributed by atoms with Gasteiger partial charge in [-0.3, -0.25) is 9.80 Å². The van der Waals surface area contributed by atoms with Gasteiger partial charge in [-0.05, 0) is 57.7 Å². The molecule has 3 aromatic rings. The van der Waals surface area contributed by atoms with Crippen LogP contribution in [0.25, 0.3) is 22.2 Å². The molecule has 1 N–H and O–H groups in total. The summed E-state index contributed by atoms with van der Waals surface area (Å²) in [5.41, 5.74) is 3.65. The highest BCUT2D eigenvalue weighted by Gasteiger charge is 2.27. The number of rotatable bonds is 8. The van der Waals surface area contributed by atoms with Crippen LogP contribution in [-0.4, -0.2) is 74.0 Å². The van der Waals surface area contributed by atoms with Crippen molar-refractivity contribution in [3.63, 3.8) is 0 Å².